The summed E-state index contributed by atoms with van der Waals surface area (Å²) in [6, 6.07) is 8.19. The zero-order chi connectivity index (χ0) is 22.2. The van der Waals surface area contributed by atoms with Crippen LogP contribution in [-0.2, 0) is 11.8 Å². The first-order chi connectivity index (χ1) is 15.5. The summed E-state index contributed by atoms with van der Waals surface area (Å²) < 4.78 is 3.47. The van der Waals surface area contributed by atoms with E-state index in [1.54, 1.807) is 27.8 Å². The van der Waals surface area contributed by atoms with Crippen molar-refractivity contribution < 1.29 is 9.90 Å². The Morgan fingerprint density at radius 3 is 2.53 bits per heavy atom. The van der Waals surface area contributed by atoms with Crippen LogP contribution in [0.15, 0.2) is 49.2 Å². The molecule has 1 saturated heterocycles. The minimum absolute atomic E-state index is 0.278. The minimum Gasteiger partial charge on any atom is -0.481 e. The van der Waals surface area contributed by atoms with Gasteiger partial charge in [-0.3, -0.25) is 9.48 Å². The van der Waals surface area contributed by atoms with Crippen molar-refractivity contribution in [2.45, 2.75) is 12.8 Å². The molecule has 5 rings (SSSR count). The van der Waals surface area contributed by atoms with Crippen LogP contribution in [-0.4, -0.2) is 48.5 Å². The van der Waals surface area contributed by atoms with Crippen LogP contribution in [0, 0.1) is 17.2 Å². The highest BCUT2D eigenvalue weighted by Crippen LogP contribution is 2.32. The van der Waals surface area contributed by atoms with Crippen molar-refractivity contribution in [2.75, 3.05) is 18.0 Å². The Bertz CT molecular complexity index is 1340. The minimum atomic E-state index is -0.723. The number of aliphatic carboxylic acids is 1. The number of rotatable bonds is 4. The molecule has 4 aromatic heterocycles. The topological polar surface area (TPSA) is 112 Å². The highest BCUT2D eigenvalue weighted by atomic mass is 16.4. The molecular formula is C23H21N7O2. The fourth-order valence-electron chi connectivity index (χ4n) is 4.24. The van der Waals surface area contributed by atoms with Gasteiger partial charge in [0.1, 0.15) is 11.9 Å². The highest BCUT2D eigenvalue weighted by molar-refractivity contribution is 5.87. The number of carboxylic acids is 1. The molecular weight excluding hydrogens is 406 g/mol. The van der Waals surface area contributed by atoms with Crippen LogP contribution in [0.3, 0.4) is 0 Å². The molecule has 5 heterocycles. The van der Waals surface area contributed by atoms with Gasteiger partial charge in [0.25, 0.3) is 0 Å². The largest absolute Gasteiger partial charge is 0.481 e. The Labute approximate surface area is 184 Å². The van der Waals surface area contributed by atoms with Gasteiger partial charge in [-0.2, -0.15) is 15.5 Å². The van der Waals surface area contributed by atoms with E-state index in [0.29, 0.717) is 31.5 Å². The molecule has 9 heteroatoms. The first kappa shape index (κ1) is 19.8. The van der Waals surface area contributed by atoms with Crippen LogP contribution in [0.25, 0.3) is 27.8 Å². The zero-order valence-corrected chi connectivity index (χ0v) is 17.5. The molecule has 0 spiro atoms. The molecule has 0 unspecified atom stereocenters. The van der Waals surface area contributed by atoms with E-state index in [2.05, 4.69) is 26.2 Å². The third-order valence-electron chi connectivity index (χ3n) is 6.00. The summed E-state index contributed by atoms with van der Waals surface area (Å²) >= 11 is 0. The Hall–Kier alpha value is -4.19. The summed E-state index contributed by atoms with van der Waals surface area (Å²) in [7, 11) is 1.87. The number of aryl methyl sites for hydroxylation is 1. The number of hydrogen-bond donors (Lipinski definition) is 1. The summed E-state index contributed by atoms with van der Waals surface area (Å²) in [4.78, 5) is 18.0. The maximum atomic E-state index is 11.2. The SMILES string of the molecule is Cn1cc(-c2cc(-c3ccc(N4CCC(C(=O)O)CC4)nc3)c3c(C#N)cnn3c2)cn1. The normalized spacial score (nSPS) is 14.6. The molecule has 4 aromatic rings. The average molecular weight is 427 g/mol. The number of fused-ring (bicyclic) bond motifs is 1. The van der Waals surface area contributed by atoms with Gasteiger partial charge in [-0.05, 0) is 31.0 Å². The lowest BCUT2D eigenvalue weighted by Crippen LogP contribution is -2.36. The Morgan fingerprint density at radius 1 is 1.09 bits per heavy atom. The molecule has 0 atom stereocenters. The van der Waals surface area contributed by atoms with E-state index >= 15 is 0 Å². The number of pyridine rings is 2. The number of aromatic nitrogens is 5. The lowest BCUT2D eigenvalue weighted by molar-refractivity contribution is -0.142. The van der Waals surface area contributed by atoms with Gasteiger partial charge in [0.2, 0.25) is 0 Å². The molecule has 0 aliphatic carbocycles. The average Bonchev–Trinajstić information content (AvgIpc) is 3.44. The van der Waals surface area contributed by atoms with Crippen LogP contribution >= 0.6 is 0 Å². The predicted molar refractivity (Wildman–Crippen MR) is 118 cm³/mol. The molecule has 0 radical (unpaired) electrons. The van der Waals surface area contributed by atoms with Crippen molar-refractivity contribution in [1.82, 2.24) is 24.4 Å². The predicted octanol–water partition coefficient (Wildman–Crippen LogP) is 2.97. The quantitative estimate of drug-likeness (QED) is 0.533. The van der Waals surface area contributed by atoms with E-state index in [9.17, 15) is 15.2 Å². The third kappa shape index (κ3) is 3.46. The molecule has 1 fully saturated rings. The molecule has 1 aliphatic heterocycles. The fourth-order valence-corrected chi connectivity index (χ4v) is 4.24. The standard InChI is InChI=1S/C23H21N7O2/c1-28-13-19(12-26-28)17-8-20(22-18(9-24)11-27-30(22)14-17)16-2-3-21(25-10-16)29-6-4-15(5-7-29)23(31)32/h2-3,8,10-15H,4-7H2,1H3,(H,31,32). The second-order valence-corrected chi connectivity index (χ2v) is 8.01. The zero-order valence-electron chi connectivity index (χ0n) is 17.5. The number of anilines is 1. The lowest BCUT2D eigenvalue weighted by atomic mass is 9.97. The number of hydrogen-bond acceptors (Lipinski definition) is 6. The first-order valence-corrected chi connectivity index (χ1v) is 10.4. The van der Waals surface area contributed by atoms with Crippen molar-refractivity contribution in [2.24, 2.45) is 13.0 Å². The molecule has 9 nitrogen and oxygen atoms in total. The third-order valence-corrected chi connectivity index (χ3v) is 6.00. The molecule has 32 heavy (non-hydrogen) atoms. The molecule has 1 N–H and O–H groups in total. The van der Waals surface area contributed by atoms with Crippen molar-refractivity contribution in [3.63, 3.8) is 0 Å². The van der Waals surface area contributed by atoms with Gasteiger partial charge < -0.3 is 10.0 Å². The fraction of sp³-hybridized carbons (Fsp3) is 0.261. The van der Waals surface area contributed by atoms with Crippen LogP contribution in [0.1, 0.15) is 18.4 Å². The van der Waals surface area contributed by atoms with Crippen LogP contribution in [0.5, 0.6) is 0 Å². The Balaban J connectivity index is 1.52. The number of piperidine rings is 1. The second kappa shape index (κ2) is 7.81. The molecule has 1 aliphatic rings. The summed E-state index contributed by atoms with van der Waals surface area (Å²) in [6.07, 6.45) is 10.2. The number of carbonyl (C=O) groups is 1. The number of carboxylic acid groups (broad SMARTS) is 1. The Morgan fingerprint density at radius 2 is 1.91 bits per heavy atom. The van der Waals surface area contributed by atoms with Crippen molar-refractivity contribution in [1.29, 1.82) is 5.26 Å². The van der Waals surface area contributed by atoms with Gasteiger partial charge in [0.15, 0.2) is 0 Å². The maximum absolute atomic E-state index is 11.2. The van der Waals surface area contributed by atoms with Crippen LogP contribution in [0.2, 0.25) is 0 Å². The van der Waals surface area contributed by atoms with Crippen molar-refractivity contribution >= 4 is 17.3 Å². The molecule has 0 amide bonds. The highest BCUT2D eigenvalue weighted by Gasteiger charge is 2.25. The van der Waals surface area contributed by atoms with Gasteiger partial charge >= 0.3 is 5.97 Å². The summed E-state index contributed by atoms with van der Waals surface area (Å²) in [5.41, 5.74) is 4.86. The van der Waals surface area contributed by atoms with E-state index < -0.39 is 5.97 Å². The first-order valence-electron chi connectivity index (χ1n) is 10.4. The molecule has 0 saturated carbocycles. The van der Waals surface area contributed by atoms with E-state index in [1.165, 1.54) is 0 Å². The summed E-state index contributed by atoms with van der Waals surface area (Å²) in [5, 5.41) is 27.4. The van der Waals surface area contributed by atoms with E-state index in [1.807, 2.05) is 37.6 Å². The number of nitriles is 1. The van der Waals surface area contributed by atoms with Gasteiger partial charge in [-0.25, -0.2) is 9.50 Å². The van der Waals surface area contributed by atoms with E-state index in [-0.39, 0.29) is 5.92 Å². The van der Waals surface area contributed by atoms with Gasteiger partial charge in [-0.15, -0.1) is 0 Å². The number of nitrogens with zero attached hydrogens (tertiary/aromatic N) is 7. The monoisotopic (exact) mass is 427 g/mol. The molecule has 160 valence electrons. The molecule has 0 bridgehead atoms. The summed E-state index contributed by atoms with van der Waals surface area (Å²) in [6.45, 7) is 1.34. The van der Waals surface area contributed by atoms with E-state index in [0.717, 1.165) is 33.6 Å². The van der Waals surface area contributed by atoms with Gasteiger partial charge in [0.05, 0.1) is 29.4 Å². The van der Waals surface area contributed by atoms with Crippen LogP contribution in [0.4, 0.5) is 5.82 Å². The molecule has 0 aromatic carbocycles. The summed E-state index contributed by atoms with van der Waals surface area (Å²) in [5.74, 6) is -0.175. The maximum Gasteiger partial charge on any atom is 0.306 e. The Kier molecular flexibility index (Phi) is 4.82. The van der Waals surface area contributed by atoms with E-state index in [4.69, 9.17) is 0 Å². The van der Waals surface area contributed by atoms with Crippen LogP contribution < -0.4 is 4.90 Å². The lowest BCUT2D eigenvalue weighted by Gasteiger charge is -2.31. The van der Waals surface area contributed by atoms with Gasteiger partial charge in [-0.1, -0.05) is 0 Å². The smallest absolute Gasteiger partial charge is 0.306 e. The van der Waals surface area contributed by atoms with Crippen molar-refractivity contribution in [3.8, 4) is 28.3 Å². The van der Waals surface area contributed by atoms with Crippen molar-refractivity contribution in [3.05, 3.63) is 54.7 Å². The second-order valence-electron chi connectivity index (χ2n) is 8.01. The van der Waals surface area contributed by atoms with Gasteiger partial charge in [0, 0.05) is 61.0 Å².